The molecule has 1 aromatic rings. The molecule has 0 saturated heterocycles. The van der Waals surface area contributed by atoms with Crippen LogP contribution in [0.3, 0.4) is 0 Å². The number of aromatic nitrogens is 1. The summed E-state index contributed by atoms with van der Waals surface area (Å²) in [5.74, 6) is 0.447. The van der Waals surface area contributed by atoms with E-state index in [2.05, 4.69) is 24.5 Å². The highest BCUT2D eigenvalue weighted by atomic mass is 16.3. The maximum Gasteiger partial charge on any atom is 0.315 e. The number of hydrogen-bond acceptors (Lipinski definition) is 2. The van der Waals surface area contributed by atoms with Gasteiger partial charge in [0.15, 0.2) is 0 Å². The van der Waals surface area contributed by atoms with Gasteiger partial charge in [-0.25, -0.2) is 4.79 Å². The number of aliphatic hydroxyl groups is 1. The second kappa shape index (κ2) is 7.76. The molecule has 102 valence electrons. The molecular formula is C13H23N3O2. The van der Waals surface area contributed by atoms with Crippen LogP contribution < -0.4 is 10.6 Å². The summed E-state index contributed by atoms with van der Waals surface area (Å²) in [7, 11) is 0. The summed E-state index contributed by atoms with van der Waals surface area (Å²) in [6.45, 7) is 5.42. The smallest absolute Gasteiger partial charge is 0.315 e. The molecule has 0 aliphatic carbocycles. The molecule has 1 rings (SSSR count). The Balaban J connectivity index is 2.19. The summed E-state index contributed by atoms with van der Waals surface area (Å²) in [6, 6.07) is 3.51. The lowest BCUT2D eigenvalue weighted by Gasteiger charge is -2.18. The fraction of sp³-hybridized carbons (Fsp3) is 0.615. The van der Waals surface area contributed by atoms with Gasteiger partial charge in [-0.3, -0.25) is 0 Å². The van der Waals surface area contributed by atoms with Crippen LogP contribution in [0.25, 0.3) is 0 Å². The van der Waals surface area contributed by atoms with E-state index in [1.165, 1.54) is 0 Å². The van der Waals surface area contributed by atoms with E-state index < -0.39 is 0 Å². The normalized spacial score (nSPS) is 12.4. The van der Waals surface area contributed by atoms with E-state index in [1.807, 2.05) is 29.1 Å². The Hall–Kier alpha value is -1.49. The minimum absolute atomic E-state index is 0.0246. The zero-order valence-electron chi connectivity index (χ0n) is 11.1. The maximum atomic E-state index is 11.6. The Morgan fingerprint density at radius 3 is 2.56 bits per heavy atom. The summed E-state index contributed by atoms with van der Waals surface area (Å²) in [5, 5.41) is 14.7. The van der Waals surface area contributed by atoms with Crippen molar-refractivity contribution in [1.29, 1.82) is 0 Å². The molecule has 0 aliphatic rings. The minimum Gasteiger partial charge on any atom is -0.394 e. The van der Waals surface area contributed by atoms with Crippen LogP contribution in [-0.4, -0.2) is 34.9 Å². The quantitative estimate of drug-likeness (QED) is 0.683. The third-order valence-corrected chi connectivity index (χ3v) is 2.63. The van der Waals surface area contributed by atoms with Crippen LogP contribution in [0, 0.1) is 5.92 Å². The summed E-state index contributed by atoms with van der Waals surface area (Å²) in [4.78, 5) is 11.6. The first-order chi connectivity index (χ1) is 8.61. The van der Waals surface area contributed by atoms with Crippen LogP contribution in [0.2, 0.25) is 0 Å². The zero-order chi connectivity index (χ0) is 13.4. The van der Waals surface area contributed by atoms with Crippen molar-refractivity contribution >= 4 is 6.03 Å². The van der Waals surface area contributed by atoms with Gasteiger partial charge in [0.1, 0.15) is 0 Å². The van der Waals surface area contributed by atoms with Gasteiger partial charge in [-0.2, -0.15) is 0 Å². The molecule has 5 nitrogen and oxygen atoms in total. The van der Waals surface area contributed by atoms with E-state index in [1.54, 1.807) is 0 Å². The Morgan fingerprint density at radius 1 is 1.33 bits per heavy atom. The van der Waals surface area contributed by atoms with E-state index in [0.29, 0.717) is 12.5 Å². The number of urea groups is 1. The van der Waals surface area contributed by atoms with Crippen LogP contribution in [0.5, 0.6) is 0 Å². The number of hydrogen-bond donors (Lipinski definition) is 3. The molecule has 0 radical (unpaired) electrons. The Morgan fingerprint density at radius 2 is 2.00 bits per heavy atom. The second-order valence-electron chi connectivity index (χ2n) is 4.83. The number of nitrogens with one attached hydrogen (secondary N) is 2. The Bertz CT molecular complexity index is 336. The number of carbonyl (C=O) groups excluding carboxylic acids is 1. The lowest BCUT2D eigenvalue weighted by atomic mass is 10.0. The fourth-order valence-corrected chi connectivity index (χ4v) is 1.80. The van der Waals surface area contributed by atoms with Crippen molar-refractivity contribution in [2.45, 2.75) is 32.9 Å². The van der Waals surface area contributed by atoms with Gasteiger partial charge in [0.2, 0.25) is 0 Å². The average molecular weight is 253 g/mol. The molecule has 2 amide bonds. The van der Waals surface area contributed by atoms with Crippen molar-refractivity contribution < 1.29 is 9.90 Å². The van der Waals surface area contributed by atoms with Crippen LogP contribution in [0.1, 0.15) is 20.3 Å². The molecule has 0 spiro atoms. The lowest BCUT2D eigenvalue weighted by Crippen LogP contribution is -2.45. The molecule has 0 aromatic carbocycles. The van der Waals surface area contributed by atoms with E-state index in [9.17, 15) is 4.79 Å². The monoisotopic (exact) mass is 253 g/mol. The zero-order valence-corrected chi connectivity index (χ0v) is 11.1. The first-order valence-corrected chi connectivity index (χ1v) is 6.37. The third kappa shape index (κ3) is 5.72. The second-order valence-corrected chi connectivity index (χ2v) is 4.83. The first-order valence-electron chi connectivity index (χ1n) is 6.37. The number of amides is 2. The highest BCUT2D eigenvalue weighted by molar-refractivity contribution is 5.74. The molecule has 5 heteroatoms. The van der Waals surface area contributed by atoms with Crippen molar-refractivity contribution in [3.8, 4) is 0 Å². The summed E-state index contributed by atoms with van der Waals surface area (Å²) >= 11 is 0. The average Bonchev–Trinajstić information content (AvgIpc) is 2.80. The van der Waals surface area contributed by atoms with Gasteiger partial charge in [0.25, 0.3) is 0 Å². The van der Waals surface area contributed by atoms with Crippen molar-refractivity contribution in [2.24, 2.45) is 5.92 Å². The molecule has 1 heterocycles. The lowest BCUT2D eigenvalue weighted by molar-refractivity contribution is 0.206. The number of nitrogens with zero attached hydrogens (tertiary/aromatic N) is 1. The van der Waals surface area contributed by atoms with E-state index >= 15 is 0 Å². The SMILES string of the molecule is CC(C)C[C@@H](CO)NC(=O)NCCn1cccc1. The van der Waals surface area contributed by atoms with Gasteiger partial charge < -0.3 is 20.3 Å². The van der Waals surface area contributed by atoms with Gasteiger partial charge in [0.05, 0.1) is 12.6 Å². The van der Waals surface area contributed by atoms with Crippen LogP contribution >= 0.6 is 0 Å². The highest BCUT2D eigenvalue weighted by Crippen LogP contribution is 2.03. The summed E-state index contributed by atoms with van der Waals surface area (Å²) in [5.41, 5.74) is 0. The van der Waals surface area contributed by atoms with E-state index in [4.69, 9.17) is 5.11 Å². The Labute approximate surface area is 108 Å². The first kappa shape index (κ1) is 14.6. The topological polar surface area (TPSA) is 66.3 Å². The van der Waals surface area contributed by atoms with Gasteiger partial charge in [-0.05, 0) is 24.5 Å². The van der Waals surface area contributed by atoms with Crippen LogP contribution in [0.15, 0.2) is 24.5 Å². The molecule has 18 heavy (non-hydrogen) atoms. The van der Waals surface area contributed by atoms with Crippen molar-refractivity contribution in [1.82, 2.24) is 15.2 Å². The third-order valence-electron chi connectivity index (χ3n) is 2.63. The van der Waals surface area contributed by atoms with Crippen molar-refractivity contribution in [2.75, 3.05) is 13.2 Å². The maximum absolute atomic E-state index is 11.6. The Kier molecular flexibility index (Phi) is 6.28. The largest absolute Gasteiger partial charge is 0.394 e. The van der Waals surface area contributed by atoms with E-state index in [0.717, 1.165) is 13.0 Å². The predicted molar refractivity (Wildman–Crippen MR) is 71.3 cm³/mol. The van der Waals surface area contributed by atoms with E-state index in [-0.39, 0.29) is 18.7 Å². The molecule has 0 saturated carbocycles. The molecular weight excluding hydrogens is 230 g/mol. The molecule has 0 unspecified atom stereocenters. The van der Waals surface area contributed by atoms with Crippen LogP contribution in [0.4, 0.5) is 4.79 Å². The molecule has 0 aliphatic heterocycles. The van der Waals surface area contributed by atoms with Gasteiger partial charge >= 0.3 is 6.03 Å². The number of carbonyl (C=O) groups is 1. The number of rotatable bonds is 7. The predicted octanol–water partition coefficient (Wildman–Crippen LogP) is 1.19. The summed E-state index contributed by atoms with van der Waals surface area (Å²) < 4.78 is 2.00. The highest BCUT2D eigenvalue weighted by Gasteiger charge is 2.12. The van der Waals surface area contributed by atoms with Crippen LogP contribution in [-0.2, 0) is 6.54 Å². The molecule has 0 bridgehead atoms. The minimum atomic E-state index is -0.221. The van der Waals surface area contributed by atoms with Gasteiger partial charge in [0, 0.05) is 25.5 Å². The van der Waals surface area contributed by atoms with Gasteiger partial charge in [-0.1, -0.05) is 13.8 Å². The van der Waals surface area contributed by atoms with Crippen molar-refractivity contribution in [3.05, 3.63) is 24.5 Å². The van der Waals surface area contributed by atoms with Crippen molar-refractivity contribution in [3.63, 3.8) is 0 Å². The molecule has 0 fully saturated rings. The molecule has 1 aromatic heterocycles. The van der Waals surface area contributed by atoms with Gasteiger partial charge in [-0.15, -0.1) is 0 Å². The fourth-order valence-electron chi connectivity index (χ4n) is 1.80. The molecule has 1 atom stereocenters. The molecule has 3 N–H and O–H groups in total. The number of aliphatic hydroxyl groups excluding tert-OH is 1. The summed E-state index contributed by atoms with van der Waals surface area (Å²) in [6.07, 6.45) is 4.69. The standard InChI is InChI=1S/C13H23N3O2/c1-11(2)9-12(10-17)15-13(18)14-5-8-16-6-3-4-7-16/h3-4,6-7,11-12,17H,5,8-10H2,1-2H3,(H2,14,15,18)/t12-/m0/s1.